The van der Waals surface area contributed by atoms with Gasteiger partial charge < -0.3 is 16.4 Å². The van der Waals surface area contributed by atoms with E-state index in [4.69, 9.17) is 5.73 Å². The van der Waals surface area contributed by atoms with E-state index in [2.05, 4.69) is 20.6 Å². The summed E-state index contributed by atoms with van der Waals surface area (Å²) in [5.41, 5.74) is 5.98. The van der Waals surface area contributed by atoms with Crippen molar-refractivity contribution in [1.29, 1.82) is 0 Å². The summed E-state index contributed by atoms with van der Waals surface area (Å²) in [7, 11) is 0. The highest BCUT2D eigenvalue weighted by atomic mass is 32.2. The maximum atomic E-state index is 14.1. The fraction of sp³-hybridized carbons (Fsp3) is 0.533. The Bertz CT molecular complexity index is 1550. The number of aromatic nitrogens is 4. The molecule has 1 saturated carbocycles. The largest absolute Gasteiger partial charge is 0.352 e. The predicted octanol–water partition coefficient (Wildman–Crippen LogP) is 2.69. The van der Waals surface area contributed by atoms with Gasteiger partial charge in [0.15, 0.2) is 0 Å². The summed E-state index contributed by atoms with van der Waals surface area (Å²) >= 11 is 1.83. The zero-order valence-electron chi connectivity index (χ0n) is 24.0. The number of halogens is 1. The first-order valence-electron chi connectivity index (χ1n) is 15.0. The first-order chi connectivity index (χ1) is 20.8. The van der Waals surface area contributed by atoms with Gasteiger partial charge in [0.2, 0.25) is 5.91 Å². The molecule has 1 saturated heterocycles. The molecule has 13 heteroatoms. The lowest BCUT2D eigenvalue weighted by Gasteiger charge is -2.32. The molecular formula is C30H38FN7O4S. The van der Waals surface area contributed by atoms with Crippen LogP contribution < -0.4 is 27.6 Å². The first kappa shape index (κ1) is 30.9. The maximum Gasteiger partial charge on any atom is 0.333 e. The number of rotatable bonds is 10. The molecule has 0 aromatic carbocycles. The molecule has 230 valence electrons. The summed E-state index contributed by atoms with van der Waals surface area (Å²) in [6.45, 7) is 0.477. The highest BCUT2D eigenvalue weighted by Crippen LogP contribution is 2.30. The molecule has 0 radical (unpaired) electrons. The number of nitrogens with zero attached hydrogens (tertiary/aromatic N) is 4. The quantitative estimate of drug-likeness (QED) is 0.296. The second kappa shape index (κ2) is 14.3. The average Bonchev–Trinajstić information content (AvgIpc) is 3.03. The van der Waals surface area contributed by atoms with Gasteiger partial charge in [0, 0.05) is 37.1 Å². The van der Waals surface area contributed by atoms with Gasteiger partial charge in [-0.05, 0) is 87.5 Å². The van der Waals surface area contributed by atoms with E-state index in [1.807, 2.05) is 11.8 Å². The second-order valence-electron chi connectivity index (χ2n) is 11.3. The van der Waals surface area contributed by atoms with Crippen LogP contribution in [0.3, 0.4) is 0 Å². The maximum absolute atomic E-state index is 14.1. The number of carbonyl (C=O) groups excluding carboxylic acids is 2. The van der Waals surface area contributed by atoms with Crippen LogP contribution in [0, 0.1) is 5.82 Å². The molecule has 2 fully saturated rings. The number of nitrogens with two attached hydrogens (primary N) is 1. The Morgan fingerprint density at radius 1 is 1.05 bits per heavy atom. The molecule has 4 N–H and O–H groups in total. The van der Waals surface area contributed by atoms with Gasteiger partial charge in [-0.1, -0.05) is 0 Å². The number of thioether (sulfide) groups is 1. The normalized spacial score (nSPS) is 20.0. The van der Waals surface area contributed by atoms with Crippen LogP contribution in [0.15, 0.2) is 46.4 Å². The molecule has 3 aromatic rings. The minimum Gasteiger partial charge on any atom is -0.352 e. The number of unbranched alkanes of at least 4 members (excludes halogenated alkanes) is 1. The lowest BCUT2D eigenvalue weighted by atomic mass is 9.90. The molecule has 0 unspecified atom stereocenters. The van der Waals surface area contributed by atoms with Crippen LogP contribution in [-0.2, 0) is 4.79 Å². The molecule has 43 heavy (non-hydrogen) atoms. The van der Waals surface area contributed by atoms with Crippen molar-refractivity contribution < 1.29 is 14.0 Å². The number of hydrogen-bond acceptors (Lipinski definition) is 8. The van der Waals surface area contributed by atoms with Gasteiger partial charge in [-0.15, -0.1) is 0 Å². The van der Waals surface area contributed by atoms with E-state index >= 15 is 0 Å². The molecule has 0 spiro atoms. The van der Waals surface area contributed by atoms with Crippen molar-refractivity contribution in [3.05, 3.63) is 69.0 Å². The van der Waals surface area contributed by atoms with Gasteiger partial charge in [-0.3, -0.25) is 28.5 Å². The Kier molecular flexibility index (Phi) is 10.2. The monoisotopic (exact) mass is 611 g/mol. The standard InChI is InChI=1S/C30H38FN7O4S/c31-20-16-24-26(35-18-20)37(23-10-14-43-15-11-23)30(42)38(29(24)41)22-8-6-21(7-9-22)36-28(40)25(32)5-1-2-13-34-27(39)19-4-3-12-33-17-19/h3-4,12,16-18,21-23,25H,1-2,5-11,13-15,32H2,(H,34,39)(H,36,40)/t21?,22?,25-/m0/s1. The fourth-order valence-electron chi connectivity index (χ4n) is 6.01. The van der Waals surface area contributed by atoms with Crippen LogP contribution in [-0.4, -0.2) is 61.1 Å². The van der Waals surface area contributed by atoms with Crippen LogP contribution in [0.5, 0.6) is 0 Å². The molecule has 4 heterocycles. The van der Waals surface area contributed by atoms with E-state index in [1.165, 1.54) is 16.8 Å². The Labute approximate surface area is 252 Å². The SMILES string of the molecule is N[C@@H](CCCCNC(=O)c1cccnc1)C(=O)NC1CCC(n2c(=O)c3cc(F)cnc3n(C3CCSCC3)c2=O)CC1. The highest BCUT2D eigenvalue weighted by Gasteiger charge is 2.30. The average molecular weight is 612 g/mol. The third-order valence-electron chi connectivity index (χ3n) is 8.38. The summed E-state index contributed by atoms with van der Waals surface area (Å²) < 4.78 is 17.0. The smallest absolute Gasteiger partial charge is 0.333 e. The molecule has 0 bridgehead atoms. The third-order valence-corrected chi connectivity index (χ3v) is 9.42. The Morgan fingerprint density at radius 3 is 2.51 bits per heavy atom. The molecule has 11 nitrogen and oxygen atoms in total. The summed E-state index contributed by atoms with van der Waals surface area (Å²) in [5, 5.41) is 5.98. The molecule has 3 aromatic heterocycles. The van der Waals surface area contributed by atoms with Gasteiger partial charge in [0.05, 0.1) is 23.2 Å². The summed E-state index contributed by atoms with van der Waals surface area (Å²) in [5.74, 6) is 0.790. The number of pyridine rings is 2. The molecular weight excluding hydrogens is 573 g/mol. The van der Waals surface area contributed by atoms with Crippen LogP contribution in [0.25, 0.3) is 11.0 Å². The van der Waals surface area contributed by atoms with Gasteiger partial charge >= 0.3 is 5.69 Å². The molecule has 1 aliphatic heterocycles. The summed E-state index contributed by atoms with van der Waals surface area (Å²) in [6, 6.07) is 3.36. The zero-order chi connectivity index (χ0) is 30.3. The van der Waals surface area contributed by atoms with E-state index in [-0.39, 0.29) is 46.7 Å². The number of carbonyl (C=O) groups is 2. The van der Waals surface area contributed by atoms with Crippen LogP contribution >= 0.6 is 11.8 Å². The van der Waals surface area contributed by atoms with E-state index in [1.54, 1.807) is 22.9 Å². The van der Waals surface area contributed by atoms with Crippen LogP contribution in [0.2, 0.25) is 0 Å². The molecule has 2 aliphatic rings. The Morgan fingerprint density at radius 2 is 1.79 bits per heavy atom. The number of nitrogens with one attached hydrogen (secondary N) is 2. The zero-order valence-corrected chi connectivity index (χ0v) is 24.9. The van der Waals surface area contributed by atoms with E-state index in [9.17, 15) is 23.6 Å². The van der Waals surface area contributed by atoms with Crippen molar-refractivity contribution in [1.82, 2.24) is 29.7 Å². The van der Waals surface area contributed by atoms with Crippen molar-refractivity contribution in [3.63, 3.8) is 0 Å². The van der Waals surface area contributed by atoms with E-state index in [0.717, 1.165) is 30.5 Å². The van der Waals surface area contributed by atoms with E-state index < -0.39 is 17.4 Å². The topological polar surface area (TPSA) is 154 Å². The minimum atomic E-state index is -0.668. The molecule has 1 atom stereocenters. The third kappa shape index (κ3) is 7.32. The number of fused-ring (bicyclic) bond motifs is 1. The molecule has 2 amide bonds. The van der Waals surface area contributed by atoms with Gasteiger partial charge in [-0.25, -0.2) is 14.2 Å². The van der Waals surface area contributed by atoms with Gasteiger partial charge in [-0.2, -0.15) is 11.8 Å². The van der Waals surface area contributed by atoms with Crippen molar-refractivity contribution in [2.75, 3.05) is 18.1 Å². The number of hydrogen-bond donors (Lipinski definition) is 3. The Balaban J connectivity index is 1.15. The summed E-state index contributed by atoms with van der Waals surface area (Å²) in [4.78, 5) is 60.2. The van der Waals surface area contributed by atoms with Crippen molar-refractivity contribution in [3.8, 4) is 0 Å². The van der Waals surface area contributed by atoms with Gasteiger partial charge in [0.25, 0.3) is 11.5 Å². The van der Waals surface area contributed by atoms with Crippen molar-refractivity contribution >= 4 is 34.6 Å². The number of amides is 2. The predicted molar refractivity (Wildman–Crippen MR) is 164 cm³/mol. The van der Waals surface area contributed by atoms with Crippen molar-refractivity contribution in [2.24, 2.45) is 5.73 Å². The highest BCUT2D eigenvalue weighted by molar-refractivity contribution is 7.99. The first-order valence-corrected chi connectivity index (χ1v) is 16.1. The molecule has 1 aliphatic carbocycles. The second-order valence-corrected chi connectivity index (χ2v) is 12.5. The lowest BCUT2D eigenvalue weighted by Crippen LogP contribution is -2.48. The summed E-state index contributed by atoms with van der Waals surface area (Å²) in [6.07, 6.45) is 9.85. The fourth-order valence-corrected chi connectivity index (χ4v) is 7.09. The van der Waals surface area contributed by atoms with E-state index in [0.29, 0.717) is 57.1 Å². The van der Waals surface area contributed by atoms with Gasteiger partial charge in [0.1, 0.15) is 11.5 Å². The minimum absolute atomic E-state index is 0.0874. The van der Waals surface area contributed by atoms with Crippen molar-refractivity contribution in [2.45, 2.75) is 82.0 Å². The molecule has 5 rings (SSSR count). The Hall–Kier alpha value is -3.58. The lowest BCUT2D eigenvalue weighted by molar-refractivity contribution is -0.123. The van der Waals surface area contributed by atoms with Crippen LogP contribution in [0.4, 0.5) is 4.39 Å². The van der Waals surface area contributed by atoms with Crippen LogP contribution in [0.1, 0.15) is 80.2 Å².